The first kappa shape index (κ1) is 13.9. The van der Waals surface area contributed by atoms with E-state index < -0.39 is 9.84 Å². The minimum Gasteiger partial charge on any atom is -0.371 e. The van der Waals surface area contributed by atoms with Crippen LogP contribution in [0.4, 0.5) is 5.69 Å². The van der Waals surface area contributed by atoms with Crippen LogP contribution in [-0.4, -0.2) is 33.0 Å². The van der Waals surface area contributed by atoms with Gasteiger partial charge in [-0.05, 0) is 36.6 Å². The lowest BCUT2D eigenvalue weighted by atomic mass is 10.1. The van der Waals surface area contributed by atoms with Crippen molar-refractivity contribution in [3.05, 3.63) is 29.3 Å². The molecule has 1 heterocycles. The van der Waals surface area contributed by atoms with E-state index in [0.29, 0.717) is 5.75 Å². The summed E-state index contributed by atoms with van der Waals surface area (Å²) in [6.45, 7) is 2.08. The summed E-state index contributed by atoms with van der Waals surface area (Å²) < 4.78 is 23.0. The van der Waals surface area contributed by atoms with E-state index in [1.807, 2.05) is 7.05 Å². The van der Waals surface area contributed by atoms with Crippen LogP contribution >= 0.6 is 15.9 Å². The summed E-state index contributed by atoms with van der Waals surface area (Å²) in [5.41, 5.74) is 3.60. The summed E-state index contributed by atoms with van der Waals surface area (Å²) in [4.78, 5) is 2.09. The first-order valence-corrected chi connectivity index (χ1v) is 8.96. The van der Waals surface area contributed by atoms with Gasteiger partial charge in [-0.3, -0.25) is 0 Å². The van der Waals surface area contributed by atoms with E-state index in [9.17, 15) is 8.42 Å². The predicted molar refractivity (Wildman–Crippen MR) is 79.3 cm³/mol. The molecule has 100 valence electrons. The largest absolute Gasteiger partial charge is 0.371 e. The third-order valence-electron chi connectivity index (χ3n) is 3.63. The van der Waals surface area contributed by atoms with E-state index in [4.69, 9.17) is 0 Å². The molecule has 2 rings (SSSR count). The smallest absolute Gasteiger partial charge is 0.152 e. The monoisotopic (exact) mass is 331 g/mol. The van der Waals surface area contributed by atoms with Crippen LogP contribution in [0.15, 0.2) is 18.2 Å². The number of aryl methyl sites for hydroxylation is 1. The molecule has 1 aliphatic heterocycles. The van der Waals surface area contributed by atoms with Gasteiger partial charge in [0.15, 0.2) is 9.84 Å². The highest BCUT2D eigenvalue weighted by Gasteiger charge is 2.30. The summed E-state index contributed by atoms with van der Waals surface area (Å²) in [5, 5.41) is 0.848. The Morgan fingerprint density at radius 2 is 2.17 bits per heavy atom. The zero-order valence-corrected chi connectivity index (χ0v) is 13.1. The Kier molecular flexibility index (Phi) is 4.02. The number of benzene rings is 1. The summed E-state index contributed by atoms with van der Waals surface area (Å²) in [7, 11) is -0.840. The zero-order chi connectivity index (χ0) is 13.3. The van der Waals surface area contributed by atoms with Crippen LogP contribution < -0.4 is 4.90 Å². The molecule has 5 heteroatoms. The maximum atomic E-state index is 11.5. The van der Waals surface area contributed by atoms with Crippen LogP contribution in [0.25, 0.3) is 0 Å². The molecule has 0 N–H and O–H groups in total. The van der Waals surface area contributed by atoms with Gasteiger partial charge < -0.3 is 4.90 Å². The normalized spacial score (nSPS) is 22.1. The van der Waals surface area contributed by atoms with Crippen molar-refractivity contribution in [2.45, 2.75) is 24.7 Å². The summed E-state index contributed by atoms with van der Waals surface area (Å²) in [5.74, 6) is 0.600. The molecular weight excluding hydrogens is 314 g/mol. The molecular formula is C13H18BrNO2S. The number of sulfone groups is 1. The van der Waals surface area contributed by atoms with Crippen molar-refractivity contribution in [2.24, 2.45) is 0 Å². The third kappa shape index (κ3) is 2.88. The van der Waals surface area contributed by atoms with Gasteiger partial charge in [-0.25, -0.2) is 8.42 Å². The molecule has 1 atom stereocenters. The van der Waals surface area contributed by atoms with Crippen molar-refractivity contribution in [1.29, 1.82) is 0 Å². The van der Waals surface area contributed by atoms with Crippen LogP contribution in [0.5, 0.6) is 0 Å². The number of nitrogens with zero attached hydrogens (tertiary/aromatic N) is 1. The number of hydrogen-bond donors (Lipinski definition) is 0. The number of alkyl halides is 1. The zero-order valence-electron chi connectivity index (χ0n) is 10.7. The molecule has 18 heavy (non-hydrogen) atoms. The Morgan fingerprint density at radius 3 is 2.67 bits per heavy atom. The van der Waals surface area contributed by atoms with Crippen molar-refractivity contribution in [2.75, 3.05) is 23.5 Å². The fourth-order valence-electron chi connectivity index (χ4n) is 2.34. The minimum atomic E-state index is -2.82. The van der Waals surface area contributed by atoms with Crippen molar-refractivity contribution in [3.63, 3.8) is 0 Å². The fourth-order valence-corrected chi connectivity index (χ4v) is 4.74. The SMILES string of the molecule is Cc1cc(N(C)C2CCS(=O)(=O)C2)ccc1CBr. The molecule has 0 spiro atoms. The fraction of sp³-hybridized carbons (Fsp3) is 0.538. The van der Waals surface area contributed by atoms with Gasteiger partial charge in [0.25, 0.3) is 0 Å². The second kappa shape index (κ2) is 5.21. The number of hydrogen-bond acceptors (Lipinski definition) is 3. The molecule has 0 saturated carbocycles. The number of anilines is 1. The molecule has 1 aromatic carbocycles. The van der Waals surface area contributed by atoms with E-state index in [2.05, 4.69) is 46.0 Å². The lowest BCUT2D eigenvalue weighted by molar-refractivity contribution is 0.601. The first-order valence-electron chi connectivity index (χ1n) is 6.02. The van der Waals surface area contributed by atoms with Crippen molar-refractivity contribution < 1.29 is 8.42 Å². The van der Waals surface area contributed by atoms with Crippen LogP contribution in [0, 0.1) is 6.92 Å². The maximum absolute atomic E-state index is 11.5. The molecule has 0 aromatic heterocycles. The van der Waals surface area contributed by atoms with Crippen LogP contribution in [0.3, 0.4) is 0 Å². The molecule has 0 aliphatic carbocycles. The minimum absolute atomic E-state index is 0.115. The number of halogens is 1. The van der Waals surface area contributed by atoms with E-state index >= 15 is 0 Å². The molecule has 3 nitrogen and oxygen atoms in total. The van der Waals surface area contributed by atoms with Gasteiger partial charge >= 0.3 is 0 Å². The van der Waals surface area contributed by atoms with Crippen molar-refractivity contribution >= 4 is 31.5 Å². The highest BCUT2D eigenvalue weighted by Crippen LogP contribution is 2.25. The quantitative estimate of drug-likeness (QED) is 0.798. The van der Waals surface area contributed by atoms with Crippen LogP contribution in [0.1, 0.15) is 17.5 Å². The highest BCUT2D eigenvalue weighted by molar-refractivity contribution is 9.08. The Hall–Kier alpha value is -0.550. The standard InChI is InChI=1S/C13H18BrNO2S/c1-10-7-12(4-3-11(10)8-14)15(2)13-5-6-18(16,17)9-13/h3-4,7,13H,5-6,8-9H2,1-2H3. The predicted octanol–water partition coefficient (Wildman–Crippen LogP) is 2.51. The lowest BCUT2D eigenvalue weighted by Crippen LogP contribution is -2.32. The molecule has 1 aliphatic rings. The Bertz CT molecular complexity index is 542. The summed E-state index contributed by atoms with van der Waals surface area (Å²) in [6.07, 6.45) is 0.734. The van der Waals surface area contributed by atoms with E-state index in [1.165, 1.54) is 11.1 Å². The van der Waals surface area contributed by atoms with E-state index in [1.54, 1.807) is 0 Å². The van der Waals surface area contributed by atoms with Crippen molar-refractivity contribution in [1.82, 2.24) is 0 Å². The van der Waals surface area contributed by atoms with Crippen LogP contribution in [-0.2, 0) is 15.2 Å². The summed E-state index contributed by atoms with van der Waals surface area (Å²) in [6, 6.07) is 6.40. The average molecular weight is 332 g/mol. The Balaban J connectivity index is 2.19. The van der Waals surface area contributed by atoms with Gasteiger partial charge in [0.2, 0.25) is 0 Å². The van der Waals surface area contributed by atoms with E-state index in [-0.39, 0.29) is 11.8 Å². The molecule has 1 aromatic rings. The molecule has 1 unspecified atom stereocenters. The van der Waals surface area contributed by atoms with Gasteiger partial charge in [0.1, 0.15) is 0 Å². The molecule has 0 bridgehead atoms. The third-order valence-corrected chi connectivity index (χ3v) is 5.99. The van der Waals surface area contributed by atoms with Crippen LogP contribution in [0.2, 0.25) is 0 Å². The van der Waals surface area contributed by atoms with Gasteiger partial charge in [-0.15, -0.1) is 0 Å². The lowest BCUT2D eigenvalue weighted by Gasteiger charge is -2.26. The number of rotatable bonds is 3. The molecule has 0 amide bonds. The highest BCUT2D eigenvalue weighted by atomic mass is 79.9. The molecule has 1 fully saturated rings. The van der Waals surface area contributed by atoms with E-state index in [0.717, 1.165) is 17.4 Å². The van der Waals surface area contributed by atoms with Gasteiger partial charge in [0, 0.05) is 24.1 Å². The van der Waals surface area contributed by atoms with Crippen molar-refractivity contribution in [3.8, 4) is 0 Å². The second-order valence-corrected chi connectivity index (χ2v) is 7.70. The Labute approximate surface area is 117 Å². The van der Waals surface area contributed by atoms with Gasteiger partial charge in [0.05, 0.1) is 11.5 Å². The average Bonchev–Trinajstić information content (AvgIpc) is 2.68. The maximum Gasteiger partial charge on any atom is 0.152 e. The van der Waals surface area contributed by atoms with Gasteiger partial charge in [-0.1, -0.05) is 22.0 Å². The second-order valence-electron chi connectivity index (χ2n) is 4.91. The Morgan fingerprint density at radius 1 is 1.44 bits per heavy atom. The van der Waals surface area contributed by atoms with Gasteiger partial charge in [-0.2, -0.15) is 0 Å². The molecule has 1 saturated heterocycles. The summed E-state index contributed by atoms with van der Waals surface area (Å²) >= 11 is 3.46. The first-order chi connectivity index (χ1) is 8.43. The molecule has 0 radical (unpaired) electrons. The topological polar surface area (TPSA) is 37.4 Å².